The van der Waals surface area contributed by atoms with Crippen molar-refractivity contribution in [3.8, 4) is 66.8 Å². The van der Waals surface area contributed by atoms with Crippen LogP contribution >= 0.6 is 11.3 Å². The summed E-state index contributed by atoms with van der Waals surface area (Å²) in [5.74, 6) is 0. The first kappa shape index (κ1) is 39.3. The predicted molar refractivity (Wildman–Crippen MR) is 284 cm³/mol. The van der Waals surface area contributed by atoms with E-state index in [2.05, 4.69) is 266 Å². The van der Waals surface area contributed by atoms with Crippen molar-refractivity contribution < 1.29 is 0 Å². The van der Waals surface area contributed by atoms with E-state index >= 15 is 0 Å². The minimum atomic E-state index is 1.08. The molecule has 1 aromatic heterocycles. The Morgan fingerprint density at radius 2 is 0.742 bits per heavy atom. The van der Waals surface area contributed by atoms with Crippen LogP contribution in [-0.4, -0.2) is 0 Å². The number of anilines is 3. The van der Waals surface area contributed by atoms with Gasteiger partial charge >= 0.3 is 0 Å². The third-order valence-electron chi connectivity index (χ3n) is 12.9. The standard InChI is InChI=1S/C64H43NS/c1-2-17-46(18-3-1)54-24-6-7-25-56(54)57-26-8-9-27-58(57)59-28-10-12-33-62(59)65(51-22-14-21-49(43-51)55-31-16-32-61-60-29-11-13-34-63(60)66-64(55)61)50-41-39-45(40-42-50)44-35-37-48(38-36-44)53-30-15-20-47-19-4-5-23-52(47)53/h1-43H. The molecule has 12 rings (SSSR count). The van der Waals surface area contributed by atoms with Gasteiger partial charge in [0.05, 0.1) is 5.69 Å². The maximum Gasteiger partial charge on any atom is 0.0540 e. The second-order valence-corrected chi connectivity index (χ2v) is 17.8. The van der Waals surface area contributed by atoms with E-state index in [1.165, 1.54) is 92.1 Å². The summed E-state index contributed by atoms with van der Waals surface area (Å²) < 4.78 is 2.62. The van der Waals surface area contributed by atoms with E-state index < -0.39 is 0 Å². The molecule has 0 unspecified atom stereocenters. The zero-order valence-corrected chi connectivity index (χ0v) is 37.0. The number of thiophene rings is 1. The summed E-state index contributed by atoms with van der Waals surface area (Å²) in [5.41, 5.74) is 17.7. The average molecular weight is 858 g/mol. The molecule has 310 valence electrons. The summed E-state index contributed by atoms with van der Waals surface area (Å²) in [5, 5.41) is 5.13. The molecule has 0 saturated heterocycles. The molecule has 0 radical (unpaired) electrons. The van der Waals surface area contributed by atoms with E-state index in [1.54, 1.807) is 0 Å². The van der Waals surface area contributed by atoms with Gasteiger partial charge in [-0.15, -0.1) is 11.3 Å². The fraction of sp³-hybridized carbons (Fsp3) is 0. The zero-order chi connectivity index (χ0) is 43.8. The highest BCUT2D eigenvalue weighted by Gasteiger charge is 2.21. The van der Waals surface area contributed by atoms with Crippen molar-refractivity contribution in [2.75, 3.05) is 4.90 Å². The largest absolute Gasteiger partial charge is 0.310 e. The lowest BCUT2D eigenvalue weighted by atomic mass is 9.88. The average Bonchev–Trinajstić information content (AvgIpc) is 3.79. The summed E-state index contributed by atoms with van der Waals surface area (Å²) in [6.07, 6.45) is 0. The molecular formula is C64H43NS. The van der Waals surface area contributed by atoms with Crippen LogP contribution in [0.15, 0.2) is 261 Å². The Bertz CT molecular complexity index is 3690. The van der Waals surface area contributed by atoms with Crippen molar-refractivity contribution >= 4 is 59.3 Å². The third-order valence-corrected chi connectivity index (χ3v) is 14.1. The van der Waals surface area contributed by atoms with Gasteiger partial charge in [0.15, 0.2) is 0 Å². The van der Waals surface area contributed by atoms with Crippen LogP contribution in [0, 0.1) is 0 Å². The highest BCUT2D eigenvalue weighted by molar-refractivity contribution is 7.26. The number of benzene rings is 11. The molecule has 0 bridgehead atoms. The van der Waals surface area contributed by atoms with Gasteiger partial charge in [-0.3, -0.25) is 0 Å². The summed E-state index contributed by atoms with van der Waals surface area (Å²) in [6, 6.07) is 95.1. The topological polar surface area (TPSA) is 3.24 Å². The number of rotatable bonds is 9. The van der Waals surface area contributed by atoms with Crippen molar-refractivity contribution in [1.29, 1.82) is 0 Å². The van der Waals surface area contributed by atoms with Crippen LogP contribution < -0.4 is 4.90 Å². The Hall–Kier alpha value is -8.30. The first-order valence-electron chi connectivity index (χ1n) is 22.6. The van der Waals surface area contributed by atoms with Crippen molar-refractivity contribution in [3.05, 3.63) is 261 Å². The van der Waals surface area contributed by atoms with E-state index in [1.807, 2.05) is 11.3 Å². The summed E-state index contributed by atoms with van der Waals surface area (Å²) in [4.78, 5) is 2.44. The van der Waals surface area contributed by atoms with Gasteiger partial charge in [0, 0.05) is 37.1 Å². The molecule has 0 amide bonds. The smallest absolute Gasteiger partial charge is 0.0540 e. The number of fused-ring (bicyclic) bond motifs is 4. The number of hydrogen-bond acceptors (Lipinski definition) is 2. The summed E-state index contributed by atoms with van der Waals surface area (Å²) >= 11 is 1.87. The minimum Gasteiger partial charge on any atom is -0.310 e. The van der Waals surface area contributed by atoms with Crippen LogP contribution in [0.25, 0.3) is 97.7 Å². The molecule has 12 aromatic rings. The first-order valence-corrected chi connectivity index (χ1v) is 23.4. The van der Waals surface area contributed by atoms with Crippen LogP contribution in [0.3, 0.4) is 0 Å². The maximum atomic E-state index is 2.44. The lowest BCUT2D eigenvalue weighted by molar-refractivity contribution is 1.28. The molecule has 66 heavy (non-hydrogen) atoms. The second kappa shape index (κ2) is 17.0. The Morgan fingerprint density at radius 3 is 1.53 bits per heavy atom. The third kappa shape index (κ3) is 7.15. The SMILES string of the molecule is c1ccc(-c2ccccc2-c2ccccc2-c2ccccc2N(c2ccc(-c3ccc(-c4cccc5ccccc45)cc3)cc2)c2cccc(-c3cccc4c3sc3ccccc34)c2)cc1. The highest BCUT2D eigenvalue weighted by Crippen LogP contribution is 2.47. The Balaban J connectivity index is 0.993. The summed E-state index contributed by atoms with van der Waals surface area (Å²) in [7, 11) is 0. The molecule has 0 aliphatic heterocycles. The van der Waals surface area contributed by atoms with E-state index in [4.69, 9.17) is 0 Å². The van der Waals surface area contributed by atoms with E-state index in [0.717, 1.165) is 22.6 Å². The lowest BCUT2D eigenvalue weighted by Gasteiger charge is -2.29. The van der Waals surface area contributed by atoms with Crippen LogP contribution in [-0.2, 0) is 0 Å². The van der Waals surface area contributed by atoms with Gasteiger partial charge in [-0.25, -0.2) is 0 Å². The van der Waals surface area contributed by atoms with Gasteiger partial charge in [0.2, 0.25) is 0 Å². The molecule has 2 heteroatoms. The molecule has 0 saturated carbocycles. The van der Waals surface area contributed by atoms with Gasteiger partial charge in [-0.2, -0.15) is 0 Å². The highest BCUT2D eigenvalue weighted by atomic mass is 32.1. The van der Waals surface area contributed by atoms with E-state index in [0.29, 0.717) is 0 Å². The Kier molecular flexibility index (Phi) is 10.1. The zero-order valence-electron chi connectivity index (χ0n) is 36.2. The van der Waals surface area contributed by atoms with E-state index in [-0.39, 0.29) is 0 Å². The molecule has 0 fully saturated rings. The number of hydrogen-bond donors (Lipinski definition) is 0. The van der Waals surface area contributed by atoms with Crippen LogP contribution in [0.1, 0.15) is 0 Å². The van der Waals surface area contributed by atoms with Crippen LogP contribution in [0.2, 0.25) is 0 Å². The predicted octanol–water partition coefficient (Wildman–Crippen LogP) is 18.7. The molecule has 1 nitrogen and oxygen atoms in total. The molecule has 0 N–H and O–H groups in total. The van der Waals surface area contributed by atoms with Crippen molar-refractivity contribution in [1.82, 2.24) is 0 Å². The van der Waals surface area contributed by atoms with Gasteiger partial charge < -0.3 is 4.90 Å². The molecule has 0 aliphatic rings. The van der Waals surface area contributed by atoms with Crippen LogP contribution in [0.4, 0.5) is 17.1 Å². The fourth-order valence-electron chi connectivity index (χ4n) is 9.77. The van der Waals surface area contributed by atoms with Crippen LogP contribution in [0.5, 0.6) is 0 Å². The number of para-hydroxylation sites is 1. The molecule has 0 spiro atoms. The van der Waals surface area contributed by atoms with E-state index in [9.17, 15) is 0 Å². The molecular weight excluding hydrogens is 815 g/mol. The molecule has 11 aromatic carbocycles. The molecule has 0 aliphatic carbocycles. The second-order valence-electron chi connectivity index (χ2n) is 16.8. The molecule has 0 atom stereocenters. The summed E-state index contributed by atoms with van der Waals surface area (Å²) in [6.45, 7) is 0. The molecule has 1 heterocycles. The van der Waals surface area contributed by atoms with Gasteiger partial charge in [-0.1, -0.05) is 224 Å². The van der Waals surface area contributed by atoms with Crippen molar-refractivity contribution in [3.63, 3.8) is 0 Å². The van der Waals surface area contributed by atoms with Gasteiger partial charge in [-0.05, 0) is 108 Å². The fourth-order valence-corrected chi connectivity index (χ4v) is 11.0. The van der Waals surface area contributed by atoms with Gasteiger partial charge in [0.1, 0.15) is 0 Å². The lowest BCUT2D eigenvalue weighted by Crippen LogP contribution is -2.11. The monoisotopic (exact) mass is 857 g/mol. The minimum absolute atomic E-state index is 1.08. The Morgan fingerprint density at radius 1 is 0.258 bits per heavy atom. The quantitative estimate of drug-likeness (QED) is 0.140. The number of nitrogens with zero attached hydrogens (tertiary/aromatic N) is 1. The normalized spacial score (nSPS) is 11.3. The van der Waals surface area contributed by atoms with Gasteiger partial charge in [0.25, 0.3) is 0 Å². The van der Waals surface area contributed by atoms with Crippen molar-refractivity contribution in [2.45, 2.75) is 0 Å². The first-order chi connectivity index (χ1) is 32.7. The Labute approximate surface area is 389 Å². The van der Waals surface area contributed by atoms with Crippen molar-refractivity contribution in [2.24, 2.45) is 0 Å². The maximum absolute atomic E-state index is 2.44.